The van der Waals surface area contributed by atoms with Crippen molar-refractivity contribution in [1.82, 2.24) is 4.57 Å². The molecule has 0 atom stereocenters. The molecule has 0 saturated carbocycles. The van der Waals surface area contributed by atoms with Crippen LogP contribution in [0.5, 0.6) is 0 Å². The second-order valence-corrected chi connectivity index (χ2v) is 13.1. The summed E-state index contributed by atoms with van der Waals surface area (Å²) in [5.74, 6) is 0. The average molecular weight is 704 g/mol. The molecule has 246 valence electrons. The molecule has 0 amide bonds. The molecule has 8 aromatic carbocycles. The second-order valence-electron chi connectivity index (χ2n) is 13.1. The van der Waals surface area contributed by atoms with Gasteiger partial charge in [0, 0.05) is 27.6 Å². The van der Waals surface area contributed by atoms with E-state index in [0.29, 0.717) is 0 Å². The quantitative estimate of drug-likeness (QED) is 0.136. The zero-order valence-corrected chi connectivity index (χ0v) is 32.5. The van der Waals surface area contributed by atoms with Crippen LogP contribution in [0.25, 0.3) is 93.6 Å². The Balaban J connectivity index is 0.000000223. The number of fused-ring (bicyclic) bond motifs is 9. The number of rotatable bonds is 3. The van der Waals surface area contributed by atoms with Gasteiger partial charge in [0.1, 0.15) is 11.2 Å². The van der Waals surface area contributed by atoms with Crippen molar-refractivity contribution in [2.45, 2.75) is 6.92 Å². The van der Waals surface area contributed by atoms with Crippen LogP contribution in [0.4, 0.5) is 0 Å². The standard InChI is InChI=1S/C37H23NO.C12H7O.K/c1-24-18-21-35-32(22-24)29-20-19-25(23-36(29)39-35)27-12-5-6-13-28(27)30-15-9-17-34-37(30)31-14-7-8-16-33(31)38(34)26-10-3-2-4-11-26;1-3-7-11-9(5-1)10-6-2-4-8-12(10)13-11;/h2-12,14,16-23H,1H3;1-5,7-8H;/q-2;-1;+1. The molecule has 4 heteroatoms. The van der Waals surface area contributed by atoms with Crippen LogP contribution in [-0.2, 0) is 0 Å². The Morgan fingerprint density at radius 1 is 0.472 bits per heavy atom. The smallest absolute Gasteiger partial charge is 0.510 e. The fraction of sp³-hybridized carbons (Fsp3) is 0.0204. The summed E-state index contributed by atoms with van der Waals surface area (Å²) in [6.45, 7) is 2.12. The van der Waals surface area contributed by atoms with Crippen LogP contribution in [0.1, 0.15) is 5.56 Å². The van der Waals surface area contributed by atoms with E-state index >= 15 is 0 Å². The minimum atomic E-state index is 0. The Morgan fingerprint density at radius 3 is 2.09 bits per heavy atom. The second kappa shape index (κ2) is 14.0. The van der Waals surface area contributed by atoms with Crippen LogP contribution in [-0.4, -0.2) is 4.57 Å². The van der Waals surface area contributed by atoms with Gasteiger partial charge in [-0.3, -0.25) is 0 Å². The van der Waals surface area contributed by atoms with Gasteiger partial charge in [-0.2, -0.15) is 24.3 Å². The van der Waals surface area contributed by atoms with Crippen molar-refractivity contribution in [1.29, 1.82) is 0 Å². The molecule has 3 heterocycles. The van der Waals surface area contributed by atoms with E-state index < -0.39 is 0 Å². The van der Waals surface area contributed by atoms with E-state index in [1.165, 1.54) is 21.9 Å². The summed E-state index contributed by atoms with van der Waals surface area (Å²) in [6.07, 6.45) is 0. The predicted molar refractivity (Wildman–Crippen MR) is 214 cm³/mol. The van der Waals surface area contributed by atoms with Crippen molar-refractivity contribution in [3.8, 4) is 27.9 Å². The van der Waals surface area contributed by atoms with Crippen molar-refractivity contribution in [2.24, 2.45) is 0 Å². The van der Waals surface area contributed by atoms with E-state index in [1.54, 1.807) is 0 Å². The average Bonchev–Trinajstić information content (AvgIpc) is 3.87. The third kappa shape index (κ3) is 5.84. The summed E-state index contributed by atoms with van der Waals surface area (Å²) in [5, 5.41) is 6.88. The van der Waals surface area contributed by atoms with Gasteiger partial charge in [0.25, 0.3) is 0 Å². The first-order valence-electron chi connectivity index (χ1n) is 17.4. The molecule has 11 rings (SSSR count). The molecule has 0 fully saturated rings. The van der Waals surface area contributed by atoms with Gasteiger partial charge in [0.2, 0.25) is 0 Å². The molecule has 0 aliphatic rings. The minimum Gasteiger partial charge on any atom is -0.510 e. The molecule has 3 aromatic heterocycles. The molecule has 0 radical (unpaired) electrons. The fourth-order valence-corrected chi connectivity index (χ4v) is 7.55. The molecule has 3 nitrogen and oxygen atoms in total. The minimum absolute atomic E-state index is 0. The van der Waals surface area contributed by atoms with Crippen LogP contribution in [0.15, 0.2) is 173 Å². The van der Waals surface area contributed by atoms with Crippen LogP contribution in [0.3, 0.4) is 0 Å². The van der Waals surface area contributed by atoms with Gasteiger partial charge in [-0.1, -0.05) is 94.7 Å². The van der Waals surface area contributed by atoms with Crippen LogP contribution >= 0.6 is 0 Å². The number of hydrogen-bond donors (Lipinski definition) is 0. The fourth-order valence-electron chi connectivity index (χ4n) is 7.55. The van der Waals surface area contributed by atoms with Crippen LogP contribution in [0, 0.1) is 25.1 Å². The molecule has 11 aromatic rings. The van der Waals surface area contributed by atoms with Crippen molar-refractivity contribution < 1.29 is 60.2 Å². The molecule has 0 unspecified atom stereocenters. The zero-order chi connectivity index (χ0) is 34.6. The number of nitrogens with zero attached hydrogens (tertiary/aromatic N) is 1. The predicted octanol–water partition coefficient (Wildman–Crippen LogP) is 10.3. The summed E-state index contributed by atoms with van der Waals surface area (Å²) >= 11 is 0. The first kappa shape index (κ1) is 33.6. The molecule has 0 bridgehead atoms. The van der Waals surface area contributed by atoms with Crippen molar-refractivity contribution in [3.63, 3.8) is 0 Å². The molecular formula is C49H30KNO2-2. The zero-order valence-electron chi connectivity index (χ0n) is 29.4. The maximum Gasteiger partial charge on any atom is 1.00 e. The SMILES string of the molecule is Cc1ccc2oc3cc(-c4ccc[c-]c4-c4[c-]ccc5c4c4ccccc4n5-c4ccccc4)ccc3c2c1.[K+].[c-]1cccc2oc3ccccc3c12. The number of benzene rings is 8. The largest absolute Gasteiger partial charge is 1.00 e. The number of aryl methyl sites for hydroxylation is 1. The molecule has 0 aliphatic carbocycles. The number of aromatic nitrogens is 1. The number of para-hydroxylation sites is 3. The van der Waals surface area contributed by atoms with Gasteiger partial charge < -0.3 is 13.4 Å². The van der Waals surface area contributed by atoms with E-state index in [0.717, 1.165) is 77.3 Å². The van der Waals surface area contributed by atoms with Crippen molar-refractivity contribution in [3.05, 3.63) is 188 Å². The number of furan rings is 2. The third-order valence-corrected chi connectivity index (χ3v) is 9.88. The maximum absolute atomic E-state index is 6.27. The van der Waals surface area contributed by atoms with E-state index in [2.05, 4.69) is 145 Å². The number of hydrogen-bond acceptors (Lipinski definition) is 2. The Kier molecular flexibility index (Phi) is 8.87. The molecule has 53 heavy (non-hydrogen) atoms. The normalized spacial score (nSPS) is 11.3. The summed E-state index contributed by atoms with van der Waals surface area (Å²) in [4.78, 5) is 0. The molecular weight excluding hydrogens is 674 g/mol. The summed E-state index contributed by atoms with van der Waals surface area (Å²) in [6, 6.07) is 66.6. The van der Waals surface area contributed by atoms with Gasteiger partial charge in [-0.05, 0) is 60.3 Å². The van der Waals surface area contributed by atoms with Crippen molar-refractivity contribution >= 4 is 65.7 Å². The van der Waals surface area contributed by atoms with E-state index in [-0.39, 0.29) is 51.4 Å². The third-order valence-electron chi connectivity index (χ3n) is 9.88. The van der Waals surface area contributed by atoms with Gasteiger partial charge in [0.15, 0.2) is 0 Å². The molecule has 0 aliphatic heterocycles. The molecule has 0 saturated heterocycles. The van der Waals surface area contributed by atoms with E-state index in [4.69, 9.17) is 8.83 Å². The van der Waals surface area contributed by atoms with Crippen LogP contribution in [0.2, 0.25) is 0 Å². The topological polar surface area (TPSA) is 31.2 Å². The van der Waals surface area contributed by atoms with Crippen LogP contribution < -0.4 is 51.4 Å². The van der Waals surface area contributed by atoms with Crippen molar-refractivity contribution in [2.75, 3.05) is 0 Å². The molecule has 0 spiro atoms. The first-order valence-corrected chi connectivity index (χ1v) is 17.4. The molecule has 0 N–H and O–H groups in total. The first-order chi connectivity index (χ1) is 25.7. The summed E-state index contributed by atoms with van der Waals surface area (Å²) in [7, 11) is 0. The summed E-state index contributed by atoms with van der Waals surface area (Å²) in [5.41, 5.74) is 12.6. The maximum atomic E-state index is 6.27. The van der Waals surface area contributed by atoms with E-state index in [9.17, 15) is 0 Å². The van der Waals surface area contributed by atoms with E-state index in [1.807, 2.05) is 48.5 Å². The Hall–Kier alpha value is -5.20. The van der Waals surface area contributed by atoms with Gasteiger partial charge in [-0.15, -0.1) is 53.4 Å². The Labute approximate surface area is 349 Å². The van der Waals surface area contributed by atoms with Gasteiger partial charge in [-0.25, -0.2) is 11.1 Å². The Bertz CT molecular complexity index is 3040. The van der Waals surface area contributed by atoms with Gasteiger partial charge in [0.05, 0.1) is 5.58 Å². The summed E-state index contributed by atoms with van der Waals surface area (Å²) < 4.78 is 14.2. The monoisotopic (exact) mass is 703 g/mol. The Morgan fingerprint density at radius 2 is 1.19 bits per heavy atom. The van der Waals surface area contributed by atoms with Gasteiger partial charge >= 0.3 is 51.4 Å².